The van der Waals surface area contributed by atoms with Gasteiger partial charge in [-0.2, -0.15) is 0 Å². The Bertz CT molecular complexity index is 77.3. The van der Waals surface area contributed by atoms with Crippen LogP contribution in [0.15, 0.2) is 0 Å². The second-order valence-electron chi connectivity index (χ2n) is 4.06. The summed E-state index contributed by atoms with van der Waals surface area (Å²) < 4.78 is 5.04. The smallest absolute Gasteiger partial charge is 1.00 e. The summed E-state index contributed by atoms with van der Waals surface area (Å²) in [6, 6.07) is 0. The molecule has 0 amide bonds. The fourth-order valence-corrected chi connectivity index (χ4v) is 11.1. The first-order valence-electron chi connectivity index (χ1n) is 6.18. The topological polar surface area (TPSA) is 0 Å². The normalized spacial score (nSPS) is 9.64. The van der Waals surface area contributed by atoms with Gasteiger partial charge in [-0.3, -0.25) is 0 Å². The van der Waals surface area contributed by atoms with Crippen LogP contribution >= 0.6 is 0 Å². The van der Waals surface area contributed by atoms with Crippen LogP contribution in [-0.4, -0.2) is 19.8 Å². The van der Waals surface area contributed by atoms with Crippen LogP contribution in [0.25, 0.3) is 0 Å². The van der Waals surface area contributed by atoms with Crippen LogP contribution in [0.1, 0.15) is 59.3 Å². The van der Waals surface area contributed by atoms with E-state index in [1.165, 1.54) is 38.5 Å². The van der Waals surface area contributed by atoms with Crippen molar-refractivity contribution in [2.75, 3.05) is 0 Å². The maximum atomic E-state index is 2.33. The van der Waals surface area contributed by atoms with Crippen LogP contribution in [-0.2, 0) is 0 Å². The van der Waals surface area contributed by atoms with E-state index in [0.29, 0.717) is 0 Å². The number of hydrogen-bond acceptors (Lipinski definition) is 0. The molecule has 0 N–H and O–H groups in total. The average molecular weight is 297 g/mol. The monoisotopic (exact) mass is 298 g/mol. The summed E-state index contributed by atoms with van der Waals surface area (Å²) in [6.45, 7) is 7.00. The quantitative estimate of drug-likeness (QED) is 0.570. The van der Waals surface area contributed by atoms with E-state index in [9.17, 15) is 0 Å². The Balaban J connectivity index is 0. The van der Waals surface area contributed by atoms with E-state index in [1.54, 1.807) is 13.3 Å². The molecule has 0 saturated carbocycles. The number of rotatable bonds is 9. The molecular formula is C12H27LiSn+2. The van der Waals surface area contributed by atoms with Crippen LogP contribution in [0.3, 0.4) is 0 Å². The summed E-state index contributed by atoms with van der Waals surface area (Å²) in [5.74, 6) is 0. The predicted octanol–water partition coefficient (Wildman–Crippen LogP) is 1.89. The zero-order valence-corrected chi connectivity index (χ0v) is 13.7. The molecule has 0 fully saturated rings. The van der Waals surface area contributed by atoms with E-state index in [0.717, 1.165) is 0 Å². The third kappa shape index (κ3) is 11.5. The van der Waals surface area contributed by atoms with E-state index >= 15 is 0 Å². The van der Waals surface area contributed by atoms with Gasteiger partial charge in [0, 0.05) is 0 Å². The second-order valence-corrected chi connectivity index (χ2v) is 12.6. The van der Waals surface area contributed by atoms with Gasteiger partial charge in [0.05, 0.1) is 0 Å². The number of hydrogen-bond donors (Lipinski definition) is 0. The van der Waals surface area contributed by atoms with E-state index in [2.05, 4.69) is 20.8 Å². The average Bonchev–Trinajstić information content (AvgIpc) is 2.17. The number of unbranched alkanes of at least 4 members (excludes halogenated alkanes) is 3. The van der Waals surface area contributed by atoms with Gasteiger partial charge in [-0.1, -0.05) is 0 Å². The Morgan fingerprint density at radius 1 is 0.643 bits per heavy atom. The van der Waals surface area contributed by atoms with Crippen molar-refractivity contribution in [3.8, 4) is 0 Å². The van der Waals surface area contributed by atoms with Gasteiger partial charge >= 0.3 is 111 Å². The molecule has 0 nitrogen and oxygen atoms in total. The molecule has 0 aromatic heterocycles. The Morgan fingerprint density at radius 3 is 1.14 bits per heavy atom. The summed E-state index contributed by atoms with van der Waals surface area (Å²) in [4.78, 5) is 0. The Hall–Kier alpha value is 1.40. The van der Waals surface area contributed by atoms with Crippen molar-refractivity contribution in [3.63, 3.8) is 0 Å². The Morgan fingerprint density at radius 2 is 0.929 bits per heavy atom. The summed E-state index contributed by atoms with van der Waals surface area (Å²) in [6.07, 6.45) is 8.85. The first-order valence-corrected chi connectivity index (χ1v) is 12.2. The van der Waals surface area contributed by atoms with Crippen LogP contribution in [0.5, 0.6) is 0 Å². The molecule has 2 heteroatoms. The molecular weight excluding hydrogens is 270 g/mol. The minimum absolute atomic E-state index is 0. The molecule has 78 valence electrons. The van der Waals surface area contributed by atoms with Gasteiger partial charge in [0.1, 0.15) is 0 Å². The van der Waals surface area contributed by atoms with Crippen molar-refractivity contribution in [3.05, 3.63) is 0 Å². The van der Waals surface area contributed by atoms with E-state index in [4.69, 9.17) is 0 Å². The van der Waals surface area contributed by atoms with Crippen LogP contribution in [0, 0.1) is 0 Å². The standard InChI is InChI=1S/3C4H9.Li.Sn/c3*1-3-4-2;;/h3*1,3-4H2,2H3;;/q;;;2*+1. The van der Waals surface area contributed by atoms with E-state index in [1.807, 2.05) is 0 Å². The summed E-state index contributed by atoms with van der Waals surface area (Å²) >= 11 is -0.839. The fraction of sp³-hybridized carbons (Fsp3) is 1.00. The molecule has 0 atom stereocenters. The van der Waals surface area contributed by atoms with Gasteiger partial charge in [0.15, 0.2) is 0 Å². The van der Waals surface area contributed by atoms with Crippen LogP contribution in [0.2, 0.25) is 13.3 Å². The van der Waals surface area contributed by atoms with Crippen LogP contribution < -0.4 is 18.9 Å². The second kappa shape index (κ2) is 14.4. The fourth-order valence-electron chi connectivity index (χ4n) is 1.66. The van der Waals surface area contributed by atoms with Crippen molar-refractivity contribution in [1.29, 1.82) is 0 Å². The van der Waals surface area contributed by atoms with Crippen molar-refractivity contribution < 1.29 is 18.9 Å². The SMILES string of the molecule is CCC[CH2][Sn+]([CH2]CCC)[CH2]CCC.[Li+]. The van der Waals surface area contributed by atoms with Gasteiger partial charge in [0.2, 0.25) is 0 Å². The summed E-state index contributed by atoms with van der Waals surface area (Å²) in [5.41, 5.74) is 0. The molecule has 0 spiro atoms. The van der Waals surface area contributed by atoms with Gasteiger partial charge in [-0.05, 0) is 0 Å². The largest absolute Gasteiger partial charge is 1.00 e. The zero-order valence-electron chi connectivity index (χ0n) is 10.9. The first kappa shape index (κ1) is 17.8. The van der Waals surface area contributed by atoms with Crippen molar-refractivity contribution in [2.45, 2.75) is 72.6 Å². The van der Waals surface area contributed by atoms with E-state index < -0.39 is 19.8 Å². The van der Waals surface area contributed by atoms with Crippen molar-refractivity contribution in [2.24, 2.45) is 0 Å². The van der Waals surface area contributed by atoms with E-state index in [-0.39, 0.29) is 18.9 Å². The molecule has 0 radical (unpaired) electrons. The molecule has 0 aliphatic rings. The predicted molar refractivity (Wildman–Crippen MR) is 64.9 cm³/mol. The van der Waals surface area contributed by atoms with Gasteiger partial charge in [0.25, 0.3) is 0 Å². The zero-order chi connectivity index (χ0) is 9.94. The third-order valence-electron chi connectivity index (χ3n) is 2.65. The summed E-state index contributed by atoms with van der Waals surface area (Å²) in [7, 11) is 0. The molecule has 0 saturated heterocycles. The Labute approximate surface area is 111 Å². The van der Waals surface area contributed by atoms with Crippen molar-refractivity contribution >= 4 is 19.8 Å². The molecule has 0 aromatic carbocycles. The first-order chi connectivity index (χ1) is 6.35. The molecule has 14 heavy (non-hydrogen) atoms. The molecule has 0 bridgehead atoms. The molecule has 0 unspecified atom stereocenters. The van der Waals surface area contributed by atoms with Crippen LogP contribution in [0.4, 0.5) is 0 Å². The molecule has 0 heterocycles. The third-order valence-corrected chi connectivity index (χ3v) is 11.7. The maximum absolute atomic E-state index is 2.33. The van der Waals surface area contributed by atoms with Gasteiger partial charge in [-0.15, -0.1) is 0 Å². The minimum atomic E-state index is -0.839. The maximum Gasteiger partial charge on any atom is 1.00 e. The van der Waals surface area contributed by atoms with Crippen molar-refractivity contribution in [1.82, 2.24) is 0 Å². The Kier molecular flexibility index (Phi) is 18.3. The van der Waals surface area contributed by atoms with Gasteiger partial charge in [-0.25, -0.2) is 0 Å². The minimum Gasteiger partial charge on any atom is 1.00 e. The van der Waals surface area contributed by atoms with Gasteiger partial charge < -0.3 is 0 Å². The summed E-state index contributed by atoms with van der Waals surface area (Å²) in [5, 5.41) is 0. The molecule has 0 aromatic rings. The molecule has 0 aliphatic heterocycles. The molecule has 0 aliphatic carbocycles. The molecule has 0 rings (SSSR count).